The molecule has 2 heterocycles. The van der Waals surface area contributed by atoms with Gasteiger partial charge in [-0.3, -0.25) is 19.2 Å². The van der Waals surface area contributed by atoms with Gasteiger partial charge in [0.25, 0.3) is 6.25 Å². The van der Waals surface area contributed by atoms with Crippen molar-refractivity contribution in [1.82, 2.24) is 8.61 Å². The van der Waals surface area contributed by atoms with E-state index in [0.717, 1.165) is 8.61 Å². The van der Waals surface area contributed by atoms with E-state index in [1.165, 1.54) is 0 Å². The Morgan fingerprint density at radius 3 is 0.969 bits per heavy atom. The molecule has 4 aliphatic rings. The third-order valence-electron chi connectivity index (χ3n) is 5.32. The molecule has 4 rings (SSSR count). The van der Waals surface area contributed by atoms with Gasteiger partial charge in [-0.1, -0.05) is 93.9 Å². The number of hydrogen-bond acceptors (Lipinski definition) is 6. The highest BCUT2D eigenvalue weighted by molar-refractivity contribution is 8.03. The molecule has 0 spiro atoms. The second kappa shape index (κ2) is 10.4. The van der Waals surface area contributed by atoms with Crippen LogP contribution in [0.5, 0.6) is 0 Å². The van der Waals surface area contributed by atoms with Crippen molar-refractivity contribution in [3.05, 3.63) is 24.3 Å². The first-order chi connectivity index (χ1) is 14.8. The van der Waals surface area contributed by atoms with Crippen molar-refractivity contribution < 1.29 is 19.2 Å². The summed E-state index contributed by atoms with van der Waals surface area (Å²) in [7, 11) is 0. The Labute approximate surface area is 223 Å². The Balaban J connectivity index is 0.000000181. The van der Waals surface area contributed by atoms with Crippen LogP contribution in [0.3, 0.4) is 0 Å². The van der Waals surface area contributed by atoms with E-state index >= 15 is 0 Å². The van der Waals surface area contributed by atoms with Crippen molar-refractivity contribution in [2.24, 2.45) is 23.7 Å². The van der Waals surface area contributed by atoms with Crippen LogP contribution in [0.2, 0.25) is 0 Å². The van der Waals surface area contributed by atoms with Gasteiger partial charge in [-0.15, -0.1) is 0 Å². The fourth-order valence-electron chi connectivity index (χ4n) is 3.93. The molecule has 14 heteroatoms. The normalized spacial score (nSPS) is 29.8. The molecule has 2 aliphatic carbocycles. The number of imide groups is 2. The number of carbonyl (C=O) groups excluding carboxylic acids is 4. The van der Waals surface area contributed by atoms with Crippen LogP contribution >= 0.6 is 93.5 Å². The molecule has 6 nitrogen and oxygen atoms in total. The van der Waals surface area contributed by atoms with Crippen molar-refractivity contribution in [3.63, 3.8) is 0 Å². The summed E-state index contributed by atoms with van der Waals surface area (Å²) in [5.41, 5.74) is 0. The molecule has 2 saturated heterocycles. The van der Waals surface area contributed by atoms with E-state index in [0.29, 0.717) is 49.6 Å². The predicted octanol–water partition coefficient (Wildman–Crippen LogP) is 5.83. The summed E-state index contributed by atoms with van der Waals surface area (Å²) in [6, 6.07) is 0. The first-order valence-electron chi connectivity index (χ1n) is 9.37. The lowest BCUT2D eigenvalue weighted by molar-refractivity contribution is -0.134. The van der Waals surface area contributed by atoms with Gasteiger partial charge in [-0.25, -0.2) is 8.61 Å². The highest BCUT2D eigenvalue weighted by atomic mass is 35.6. The summed E-state index contributed by atoms with van der Waals surface area (Å²) in [6.45, 7) is 0. The number of allylic oxidation sites excluding steroid dienone is 4. The third kappa shape index (κ3) is 6.25. The third-order valence-corrected chi connectivity index (χ3v) is 8.06. The van der Waals surface area contributed by atoms with E-state index in [1.54, 1.807) is 0 Å². The topological polar surface area (TPSA) is 74.8 Å². The lowest BCUT2D eigenvalue weighted by Gasteiger charge is -2.17. The van der Waals surface area contributed by atoms with Crippen LogP contribution in [0.25, 0.3) is 0 Å². The van der Waals surface area contributed by atoms with Crippen molar-refractivity contribution in [2.75, 3.05) is 0 Å². The average Bonchev–Trinajstić information content (AvgIpc) is 3.08. The zero-order valence-electron chi connectivity index (χ0n) is 16.1. The Hall–Kier alpha value is 0.200. The average molecular weight is 601 g/mol. The number of nitrogens with zero attached hydrogens (tertiary/aromatic N) is 2. The van der Waals surface area contributed by atoms with Gasteiger partial charge in [0.1, 0.15) is 0 Å². The molecule has 0 N–H and O–H groups in total. The smallest absolute Gasteiger partial charge is 0.256 e. The number of fused-ring (bicyclic) bond motifs is 2. The maximum absolute atomic E-state index is 11.9. The van der Waals surface area contributed by atoms with Crippen molar-refractivity contribution in [1.29, 1.82) is 0 Å². The number of halogens is 6. The van der Waals surface area contributed by atoms with Gasteiger partial charge in [0.05, 0.1) is 23.7 Å². The van der Waals surface area contributed by atoms with Gasteiger partial charge in [-0.2, -0.15) is 0 Å². The molecule has 4 atom stereocenters. The Morgan fingerprint density at radius 1 is 0.562 bits per heavy atom. The number of alkyl halides is 6. The molecule has 0 radical (unpaired) electrons. The quantitative estimate of drug-likeness (QED) is 0.172. The fraction of sp³-hybridized carbons (Fsp3) is 0.556. The SMILES string of the molecule is O=C1C2CC=CCC2C(=O)N1SC(Cl)(Cl)Cl.O=C1C2CC=CCC2C(=O)N1SC(Cl)(Cl)Cl. The number of hydrogen-bond donors (Lipinski definition) is 0. The van der Waals surface area contributed by atoms with Crippen molar-refractivity contribution in [3.8, 4) is 0 Å². The summed E-state index contributed by atoms with van der Waals surface area (Å²) in [5, 5.41) is 0. The maximum atomic E-state index is 11.9. The van der Waals surface area contributed by atoms with E-state index in [9.17, 15) is 19.2 Å². The minimum absolute atomic E-state index is 0.254. The van der Waals surface area contributed by atoms with E-state index in [-0.39, 0.29) is 47.3 Å². The zero-order chi connectivity index (χ0) is 23.8. The molecule has 2 aliphatic heterocycles. The van der Waals surface area contributed by atoms with E-state index < -0.39 is 6.25 Å². The largest absolute Gasteiger partial charge is 0.273 e. The lowest BCUT2D eigenvalue weighted by Crippen LogP contribution is -2.26. The Kier molecular flexibility index (Phi) is 8.75. The van der Waals surface area contributed by atoms with Gasteiger partial charge in [-0.05, 0) is 25.7 Å². The minimum Gasteiger partial charge on any atom is -0.273 e. The summed E-state index contributed by atoms with van der Waals surface area (Å²) < 4.78 is -1.39. The van der Waals surface area contributed by atoms with Gasteiger partial charge < -0.3 is 0 Å². The van der Waals surface area contributed by atoms with Crippen LogP contribution < -0.4 is 0 Å². The molecule has 176 valence electrons. The van der Waals surface area contributed by atoms with Crippen LogP contribution in [-0.2, 0) is 19.2 Å². The zero-order valence-corrected chi connectivity index (χ0v) is 22.2. The van der Waals surface area contributed by atoms with Gasteiger partial charge in [0.15, 0.2) is 0 Å². The van der Waals surface area contributed by atoms with Crippen LogP contribution in [0.15, 0.2) is 24.3 Å². The predicted molar refractivity (Wildman–Crippen MR) is 130 cm³/mol. The van der Waals surface area contributed by atoms with Crippen LogP contribution in [0.1, 0.15) is 25.7 Å². The highest BCUT2D eigenvalue weighted by Crippen LogP contribution is 2.48. The van der Waals surface area contributed by atoms with Crippen molar-refractivity contribution >= 4 is 117 Å². The van der Waals surface area contributed by atoms with Crippen molar-refractivity contribution in [2.45, 2.75) is 31.9 Å². The standard InChI is InChI=1S/2C9H8Cl3NO2S/c2*10-9(11,12)16-13-7(14)5-3-1-2-4-6(5)8(13)15/h2*1-2,5-6H,3-4H2. The summed E-state index contributed by atoms with van der Waals surface area (Å²) in [5.74, 6) is -2.14. The summed E-state index contributed by atoms with van der Waals surface area (Å²) >= 11 is 34.7. The van der Waals surface area contributed by atoms with Crippen LogP contribution in [-0.4, -0.2) is 38.5 Å². The minimum atomic E-state index is -1.69. The second-order valence-electron chi connectivity index (χ2n) is 7.33. The molecule has 32 heavy (non-hydrogen) atoms. The highest BCUT2D eigenvalue weighted by Gasteiger charge is 2.51. The molecular formula is C18H16Cl6N2O4S2. The molecule has 0 aromatic carbocycles. The first kappa shape index (κ1) is 26.8. The second-order valence-corrected chi connectivity index (χ2v) is 15.6. The van der Waals surface area contributed by atoms with Gasteiger partial charge in [0, 0.05) is 23.9 Å². The molecule has 4 unspecified atom stereocenters. The molecule has 2 fully saturated rings. The Morgan fingerprint density at radius 2 is 0.781 bits per heavy atom. The maximum Gasteiger partial charge on any atom is 0.256 e. The molecule has 0 aromatic heterocycles. The number of amides is 4. The summed E-state index contributed by atoms with van der Waals surface area (Å²) in [6.07, 6.45) is 10.0. The molecular weight excluding hydrogens is 585 g/mol. The van der Waals surface area contributed by atoms with E-state index in [1.807, 2.05) is 24.3 Å². The van der Waals surface area contributed by atoms with Crippen LogP contribution in [0.4, 0.5) is 0 Å². The molecule has 0 saturated carbocycles. The van der Waals surface area contributed by atoms with Gasteiger partial charge >= 0.3 is 0 Å². The Bertz CT molecular complexity index is 751. The molecule has 4 amide bonds. The van der Waals surface area contributed by atoms with E-state index in [4.69, 9.17) is 69.6 Å². The first-order valence-corrected chi connectivity index (χ1v) is 13.2. The number of carbonyl (C=O) groups is 4. The fourth-order valence-corrected chi connectivity index (χ4v) is 6.48. The number of rotatable bonds is 2. The van der Waals surface area contributed by atoms with Crippen LogP contribution in [0, 0.1) is 23.7 Å². The molecule has 0 aromatic rings. The van der Waals surface area contributed by atoms with E-state index in [2.05, 4.69) is 0 Å². The monoisotopic (exact) mass is 598 g/mol. The van der Waals surface area contributed by atoms with Gasteiger partial charge in [0.2, 0.25) is 23.6 Å². The lowest BCUT2D eigenvalue weighted by atomic mass is 9.85. The summed E-state index contributed by atoms with van der Waals surface area (Å²) in [4.78, 5) is 47.6. The molecule has 0 bridgehead atoms.